The van der Waals surface area contributed by atoms with Gasteiger partial charge in [0.25, 0.3) is 0 Å². The first-order valence-corrected chi connectivity index (χ1v) is 8.96. The summed E-state index contributed by atoms with van der Waals surface area (Å²) in [4.78, 5) is 27.9. The molecular formula is C22H25NO2. The number of benzene rings is 2. The molecule has 1 aliphatic carbocycles. The average molecular weight is 335 g/mol. The molecule has 0 heterocycles. The van der Waals surface area contributed by atoms with Crippen molar-refractivity contribution in [2.24, 2.45) is 11.8 Å². The minimum absolute atomic E-state index is 0.0545. The molecule has 25 heavy (non-hydrogen) atoms. The van der Waals surface area contributed by atoms with Gasteiger partial charge in [0.15, 0.2) is 11.6 Å². The van der Waals surface area contributed by atoms with Gasteiger partial charge in [-0.15, -0.1) is 0 Å². The maximum absolute atomic E-state index is 12.9. The number of hydrogen-bond donors (Lipinski definition) is 0. The Morgan fingerprint density at radius 2 is 1.20 bits per heavy atom. The molecule has 0 radical (unpaired) electrons. The van der Waals surface area contributed by atoms with Gasteiger partial charge >= 0.3 is 0 Å². The van der Waals surface area contributed by atoms with Crippen LogP contribution in [0.25, 0.3) is 0 Å². The topological polar surface area (TPSA) is 37.4 Å². The third-order valence-corrected chi connectivity index (χ3v) is 4.44. The predicted octanol–water partition coefficient (Wildman–Crippen LogP) is 4.58. The van der Waals surface area contributed by atoms with Gasteiger partial charge in [-0.2, -0.15) is 0 Å². The fourth-order valence-electron chi connectivity index (χ4n) is 3.45. The van der Waals surface area contributed by atoms with E-state index in [4.69, 9.17) is 0 Å². The zero-order chi connectivity index (χ0) is 18.1. The summed E-state index contributed by atoms with van der Waals surface area (Å²) in [6.45, 7) is 10.6. The largest absolute Gasteiger partial charge is 0.371 e. The summed E-state index contributed by atoms with van der Waals surface area (Å²) in [5.74, 6) is 0.929. The summed E-state index contributed by atoms with van der Waals surface area (Å²) in [6, 6.07) is 12.8. The Balaban J connectivity index is 2.04. The highest BCUT2D eigenvalue weighted by molar-refractivity contribution is 6.28. The molecule has 0 aromatic heterocycles. The van der Waals surface area contributed by atoms with Crippen LogP contribution < -0.4 is 4.90 Å². The minimum Gasteiger partial charge on any atom is -0.371 e. The third kappa shape index (κ3) is 3.37. The van der Waals surface area contributed by atoms with E-state index in [1.54, 1.807) is 18.2 Å². The first-order chi connectivity index (χ1) is 11.9. The molecule has 2 aromatic carbocycles. The van der Waals surface area contributed by atoms with Crippen LogP contribution >= 0.6 is 0 Å². The smallest absolute Gasteiger partial charge is 0.194 e. The van der Waals surface area contributed by atoms with Crippen molar-refractivity contribution in [3.8, 4) is 0 Å². The molecule has 3 nitrogen and oxygen atoms in total. The Labute approximate surface area is 149 Å². The van der Waals surface area contributed by atoms with E-state index in [0.29, 0.717) is 34.1 Å². The molecule has 3 heteroatoms. The minimum atomic E-state index is -0.0592. The summed E-state index contributed by atoms with van der Waals surface area (Å²) < 4.78 is 0. The highest BCUT2D eigenvalue weighted by Gasteiger charge is 2.29. The lowest BCUT2D eigenvalue weighted by atomic mass is 9.84. The lowest BCUT2D eigenvalue weighted by Gasteiger charge is -2.29. The molecule has 0 saturated carbocycles. The molecule has 0 bridgehead atoms. The Hall–Kier alpha value is -2.42. The van der Waals surface area contributed by atoms with Crippen LogP contribution in [-0.2, 0) is 0 Å². The first-order valence-electron chi connectivity index (χ1n) is 8.96. The van der Waals surface area contributed by atoms with Crippen LogP contribution in [0.2, 0.25) is 0 Å². The van der Waals surface area contributed by atoms with Crippen molar-refractivity contribution < 1.29 is 9.59 Å². The lowest BCUT2D eigenvalue weighted by molar-refractivity contribution is 0.0979. The molecule has 0 atom stereocenters. The standard InChI is InChI=1S/C22H25NO2/c1-14(2)12-23(13-15(3)4)16-9-10-19-20(11-16)22(25)18-8-6-5-7-17(18)21(19)24/h5-11,14-15H,12-13H2,1-4H3. The van der Waals surface area contributed by atoms with Gasteiger partial charge in [-0.1, -0.05) is 52.0 Å². The molecule has 2 aromatic rings. The Kier molecular flexibility index (Phi) is 4.76. The number of anilines is 1. The second kappa shape index (κ2) is 6.83. The Bertz CT molecular complexity index is 811. The molecule has 0 amide bonds. The summed E-state index contributed by atoms with van der Waals surface area (Å²) in [6.07, 6.45) is 0. The average Bonchev–Trinajstić information content (AvgIpc) is 2.58. The number of carbonyl (C=O) groups excluding carboxylic acids is 2. The highest BCUT2D eigenvalue weighted by atomic mass is 16.1. The Morgan fingerprint density at radius 1 is 0.720 bits per heavy atom. The highest BCUT2D eigenvalue weighted by Crippen LogP contribution is 2.30. The van der Waals surface area contributed by atoms with Crippen molar-refractivity contribution in [2.75, 3.05) is 18.0 Å². The zero-order valence-corrected chi connectivity index (χ0v) is 15.4. The fourth-order valence-corrected chi connectivity index (χ4v) is 3.45. The number of nitrogens with zero attached hydrogens (tertiary/aromatic N) is 1. The zero-order valence-electron chi connectivity index (χ0n) is 15.4. The van der Waals surface area contributed by atoms with Crippen LogP contribution in [0.5, 0.6) is 0 Å². The maximum Gasteiger partial charge on any atom is 0.194 e. The summed E-state index contributed by atoms with van der Waals surface area (Å²) in [7, 11) is 0. The second-order valence-corrected chi connectivity index (χ2v) is 7.63. The lowest BCUT2D eigenvalue weighted by Crippen LogP contribution is -2.32. The molecule has 0 saturated heterocycles. The van der Waals surface area contributed by atoms with Gasteiger partial charge in [-0.25, -0.2) is 0 Å². The number of ketones is 2. The molecule has 3 rings (SSSR count). The first kappa shape index (κ1) is 17.4. The van der Waals surface area contributed by atoms with Gasteiger partial charge in [0.1, 0.15) is 0 Å². The molecule has 0 aliphatic heterocycles. The van der Waals surface area contributed by atoms with E-state index in [2.05, 4.69) is 32.6 Å². The summed E-state index contributed by atoms with van der Waals surface area (Å²) >= 11 is 0. The Morgan fingerprint density at radius 3 is 1.72 bits per heavy atom. The number of hydrogen-bond acceptors (Lipinski definition) is 3. The van der Waals surface area contributed by atoms with E-state index in [1.165, 1.54) is 0 Å². The molecule has 130 valence electrons. The number of rotatable bonds is 5. The van der Waals surface area contributed by atoms with E-state index < -0.39 is 0 Å². The van der Waals surface area contributed by atoms with Gasteiger partial charge in [0, 0.05) is 41.0 Å². The number of fused-ring (bicyclic) bond motifs is 2. The SMILES string of the molecule is CC(C)CN(CC(C)C)c1ccc2c(c1)C(=O)c1ccccc1C2=O. The van der Waals surface area contributed by atoms with Crippen LogP contribution in [0.15, 0.2) is 42.5 Å². The quantitative estimate of drug-likeness (QED) is 0.685. The van der Waals surface area contributed by atoms with Crippen LogP contribution in [0.4, 0.5) is 5.69 Å². The van der Waals surface area contributed by atoms with Crippen molar-refractivity contribution in [3.63, 3.8) is 0 Å². The van der Waals surface area contributed by atoms with Gasteiger partial charge in [0.05, 0.1) is 0 Å². The molecule has 0 spiro atoms. The van der Waals surface area contributed by atoms with E-state index in [0.717, 1.165) is 18.8 Å². The number of carbonyl (C=O) groups is 2. The molecule has 0 unspecified atom stereocenters. The predicted molar refractivity (Wildman–Crippen MR) is 102 cm³/mol. The van der Waals surface area contributed by atoms with Gasteiger partial charge < -0.3 is 4.90 Å². The summed E-state index contributed by atoms with van der Waals surface area (Å²) in [5.41, 5.74) is 3.08. The van der Waals surface area contributed by atoms with E-state index >= 15 is 0 Å². The van der Waals surface area contributed by atoms with Gasteiger partial charge in [0.2, 0.25) is 0 Å². The normalized spacial score (nSPS) is 13.2. The summed E-state index contributed by atoms with van der Waals surface area (Å²) in [5, 5.41) is 0. The third-order valence-electron chi connectivity index (χ3n) is 4.44. The van der Waals surface area contributed by atoms with Gasteiger partial charge in [-0.3, -0.25) is 9.59 Å². The van der Waals surface area contributed by atoms with Crippen LogP contribution in [0.3, 0.4) is 0 Å². The molecule has 1 aliphatic rings. The van der Waals surface area contributed by atoms with E-state index in [1.807, 2.05) is 24.3 Å². The monoisotopic (exact) mass is 335 g/mol. The second-order valence-electron chi connectivity index (χ2n) is 7.63. The maximum atomic E-state index is 12.9. The van der Waals surface area contributed by atoms with Crippen molar-refractivity contribution in [1.29, 1.82) is 0 Å². The van der Waals surface area contributed by atoms with Crippen LogP contribution in [0.1, 0.15) is 59.5 Å². The van der Waals surface area contributed by atoms with Gasteiger partial charge in [-0.05, 0) is 30.0 Å². The van der Waals surface area contributed by atoms with Crippen molar-refractivity contribution in [2.45, 2.75) is 27.7 Å². The van der Waals surface area contributed by atoms with Crippen molar-refractivity contribution in [1.82, 2.24) is 0 Å². The van der Waals surface area contributed by atoms with Crippen molar-refractivity contribution in [3.05, 3.63) is 64.7 Å². The molecule has 0 N–H and O–H groups in total. The van der Waals surface area contributed by atoms with E-state index in [9.17, 15) is 9.59 Å². The molecule has 0 fully saturated rings. The van der Waals surface area contributed by atoms with Crippen LogP contribution in [0, 0.1) is 11.8 Å². The fraction of sp³-hybridized carbons (Fsp3) is 0.364. The van der Waals surface area contributed by atoms with E-state index in [-0.39, 0.29) is 11.6 Å². The van der Waals surface area contributed by atoms with Crippen LogP contribution in [-0.4, -0.2) is 24.7 Å². The molecular weight excluding hydrogens is 310 g/mol. The van der Waals surface area contributed by atoms with Crippen molar-refractivity contribution >= 4 is 17.3 Å².